The monoisotopic (exact) mass is 257 g/mol. The van der Waals surface area contributed by atoms with E-state index in [0.717, 1.165) is 37.2 Å². The second-order valence-corrected chi connectivity index (χ2v) is 5.12. The fourth-order valence-electron chi connectivity index (χ4n) is 2.95. The van der Waals surface area contributed by atoms with E-state index in [0.29, 0.717) is 0 Å². The Bertz CT molecular complexity index is 564. The van der Waals surface area contributed by atoms with Crippen LogP contribution in [0, 0.1) is 0 Å². The molecule has 2 atom stereocenters. The summed E-state index contributed by atoms with van der Waals surface area (Å²) in [5.41, 5.74) is 3.23. The second-order valence-electron chi connectivity index (χ2n) is 5.12. The molecule has 100 valence electrons. The van der Waals surface area contributed by atoms with Crippen LogP contribution in [-0.4, -0.2) is 19.9 Å². The number of pyridine rings is 1. The molecule has 2 heterocycles. The van der Waals surface area contributed by atoms with Gasteiger partial charge in [0.25, 0.3) is 0 Å². The predicted molar refractivity (Wildman–Crippen MR) is 72.8 cm³/mol. The molecular weight excluding hydrogens is 238 g/mol. The maximum atomic E-state index is 10.7. The molecule has 4 nitrogen and oxygen atoms in total. The van der Waals surface area contributed by atoms with Crippen LogP contribution < -0.4 is 0 Å². The molecule has 0 amide bonds. The molecule has 2 aromatic heterocycles. The molecule has 0 bridgehead atoms. The zero-order valence-electron chi connectivity index (χ0n) is 11.2. The van der Waals surface area contributed by atoms with Gasteiger partial charge in [-0.25, -0.2) is 0 Å². The van der Waals surface area contributed by atoms with Crippen LogP contribution in [0.4, 0.5) is 0 Å². The SMILES string of the molecule is CCCn1nccc1C(O)C1CCc2cccnc21. The highest BCUT2D eigenvalue weighted by molar-refractivity contribution is 5.31. The lowest BCUT2D eigenvalue weighted by Crippen LogP contribution is -2.15. The van der Waals surface area contributed by atoms with Crippen LogP contribution in [0.3, 0.4) is 0 Å². The molecule has 4 heteroatoms. The van der Waals surface area contributed by atoms with Crippen molar-refractivity contribution < 1.29 is 5.11 Å². The van der Waals surface area contributed by atoms with Crippen LogP contribution in [0.1, 0.15) is 48.7 Å². The number of aromatic nitrogens is 3. The topological polar surface area (TPSA) is 50.9 Å². The fraction of sp³-hybridized carbons (Fsp3) is 0.467. The molecule has 19 heavy (non-hydrogen) atoms. The van der Waals surface area contributed by atoms with Crippen LogP contribution in [0.25, 0.3) is 0 Å². The van der Waals surface area contributed by atoms with Crippen molar-refractivity contribution in [2.24, 2.45) is 0 Å². The highest BCUT2D eigenvalue weighted by Gasteiger charge is 2.32. The van der Waals surface area contributed by atoms with Gasteiger partial charge in [-0.15, -0.1) is 0 Å². The van der Waals surface area contributed by atoms with Gasteiger partial charge >= 0.3 is 0 Å². The first kappa shape index (κ1) is 12.4. The van der Waals surface area contributed by atoms with Crippen LogP contribution in [0.15, 0.2) is 30.6 Å². The van der Waals surface area contributed by atoms with Gasteiger partial charge in [0.15, 0.2) is 0 Å². The molecule has 0 radical (unpaired) electrons. The highest BCUT2D eigenvalue weighted by atomic mass is 16.3. The first-order chi connectivity index (χ1) is 9.31. The molecule has 0 fully saturated rings. The van der Waals surface area contributed by atoms with Crippen LogP contribution in [0.2, 0.25) is 0 Å². The van der Waals surface area contributed by atoms with Crippen molar-refractivity contribution in [3.05, 3.63) is 47.5 Å². The van der Waals surface area contributed by atoms with Gasteiger partial charge in [0, 0.05) is 30.6 Å². The summed E-state index contributed by atoms with van der Waals surface area (Å²) >= 11 is 0. The minimum Gasteiger partial charge on any atom is -0.386 e. The molecule has 2 aromatic rings. The van der Waals surface area contributed by atoms with Crippen LogP contribution in [-0.2, 0) is 13.0 Å². The average Bonchev–Trinajstić information content (AvgIpc) is 3.04. The lowest BCUT2D eigenvalue weighted by atomic mass is 9.97. The van der Waals surface area contributed by atoms with Gasteiger partial charge in [0.2, 0.25) is 0 Å². The van der Waals surface area contributed by atoms with E-state index in [1.807, 2.05) is 23.0 Å². The number of hydrogen-bond acceptors (Lipinski definition) is 3. The van der Waals surface area contributed by atoms with Gasteiger partial charge in [0.1, 0.15) is 6.10 Å². The third-order valence-corrected chi connectivity index (χ3v) is 3.87. The van der Waals surface area contributed by atoms with Crippen molar-refractivity contribution in [1.82, 2.24) is 14.8 Å². The van der Waals surface area contributed by atoms with E-state index in [2.05, 4.69) is 23.1 Å². The number of aryl methyl sites for hydroxylation is 2. The maximum Gasteiger partial charge on any atom is 0.104 e. The van der Waals surface area contributed by atoms with Crippen molar-refractivity contribution >= 4 is 0 Å². The quantitative estimate of drug-likeness (QED) is 0.915. The number of aliphatic hydroxyl groups is 1. The summed E-state index contributed by atoms with van der Waals surface area (Å²) in [7, 11) is 0. The van der Waals surface area contributed by atoms with Crippen molar-refractivity contribution in [3.63, 3.8) is 0 Å². The zero-order valence-corrected chi connectivity index (χ0v) is 11.2. The van der Waals surface area contributed by atoms with Gasteiger partial charge in [-0.1, -0.05) is 13.0 Å². The Hall–Kier alpha value is -1.68. The van der Waals surface area contributed by atoms with E-state index in [1.54, 1.807) is 6.20 Å². The summed E-state index contributed by atoms with van der Waals surface area (Å²) in [6, 6.07) is 5.99. The first-order valence-corrected chi connectivity index (χ1v) is 6.94. The van der Waals surface area contributed by atoms with E-state index in [1.165, 1.54) is 5.56 Å². The van der Waals surface area contributed by atoms with Gasteiger partial charge in [-0.2, -0.15) is 5.10 Å². The van der Waals surface area contributed by atoms with Crippen molar-refractivity contribution in [2.45, 2.75) is 44.8 Å². The number of hydrogen-bond donors (Lipinski definition) is 1. The molecule has 0 aliphatic heterocycles. The standard InChI is InChI=1S/C15H19N3O/c1-2-10-18-13(7-9-17-18)15(19)12-6-5-11-4-3-8-16-14(11)12/h3-4,7-9,12,15,19H,2,5-6,10H2,1H3. The summed E-state index contributed by atoms with van der Waals surface area (Å²) in [6.07, 6.45) is 6.05. The molecule has 2 unspecified atom stereocenters. The average molecular weight is 257 g/mol. The molecule has 0 saturated carbocycles. The molecule has 3 rings (SSSR count). The lowest BCUT2D eigenvalue weighted by Gasteiger charge is -2.19. The van der Waals surface area contributed by atoms with Gasteiger partial charge < -0.3 is 5.11 Å². The van der Waals surface area contributed by atoms with Gasteiger partial charge in [-0.05, 0) is 37.0 Å². The Morgan fingerprint density at radius 1 is 1.42 bits per heavy atom. The lowest BCUT2D eigenvalue weighted by molar-refractivity contribution is 0.132. The molecule has 1 aliphatic carbocycles. The second kappa shape index (κ2) is 5.13. The third-order valence-electron chi connectivity index (χ3n) is 3.87. The third kappa shape index (κ3) is 2.16. The Balaban J connectivity index is 1.89. The molecular formula is C15H19N3O. The maximum absolute atomic E-state index is 10.7. The minimum atomic E-state index is -0.509. The molecule has 0 spiro atoms. The van der Waals surface area contributed by atoms with Crippen molar-refractivity contribution in [2.75, 3.05) is 0 Å². The summed E-state index contributed by atoms with van der Waals surface area (Å²) in [5.74, 6) is 0.100. The zero-order chi connectivity index (χ0) is 13.2. The smallest absolute Gasteiger partial charge is 0.104 e. The summed E-state index contributed by atoms with van der Waals surface area (Å²) in [6.45, 7) is 2.96. The molecule has 0 aromatic carbocycles. The number of aliphatic hydroxyl groups excluding tert-OH is 1. The highest BCUT2D eigenvalue weighted by Crippen LogP contribution is 2.40. The number of rotatable bonds is 4. The number of nitrogens with zero attached hydrogens (tertiary/aromatic N) is 3. The minimum absolute atomic E-state index is 0.100. The van der Waals surface area contributed by atoms with E-state index in [4.69, 9.17) is 0 Å². The van der Waals surface area contributed by atoms with Gasteiger partial charge in [-0.3, -0.25) is 9.67 Å². The summed E-state index contributed by atoms with van der Waals surface area (Å²) < 4.78 is 1.91. The number of fused-ring (bicyclic) bond motifs is 1. The fourth-order valence-corrected chi connectivity index (χ4v) is 2.95. The predicted octanol–water partition coefficient (Wildman–Crippen LogP) is 2.45. The first-order valence-electron chi connectivity index (χ1n) is 6.94. The Morgan fingerprint density at radius 3 is 3.16 bits per heavy atom. The molecule has 1 N–H and O–H groups in total. The largest absolute Gasteiger partial charge is 0.386 e. The summed E-state index contributed by atoms with van der Waals surface area (Å²) in [4.78, 5) is 4.46. The van der Waals surface area contributed by atoms with Crippen LogP contribution in [0.5, 0.6) is 0 Å². The normalized spacial score (nSPS) is 19.4. The van der Waals surface area contributed by atoms with Crippen molar-refractivity contribution in [3.8, 4) is 0 Å². The van der Waals surface area contributed by atoms with Crippen LogP contribution >= 0.6 is 0 Å². The van der Waals surface area contributed by atoms with Gasteiger partial charge in [0.05, 0.1) is 5.69 Å². The van der Waals surface area contributed by atoms with E-state index in [9.17, 15) is 5.11 Å². The van der Waals surface area contributed by atoms with Crippen molar-refractivity contribution in [1.29, 1.82) is 0 Å². The van der Waals surface area contributed by atoms with E-state index < -0.39 is 6.10 Å². The Labute approximate surface area is 113 Å². The molecule has 0 saturated heterocycles. The Morgan fingerprint density at radius 2 is 2.32 bits per heavy atom. The molecule has 1 aliphatic rings. The summed E-state index contributed by atoms with van der Waals surface area (Å²) in [5, 5.41) is 15.0. The Kier molecular flexibility index (Phi) is 3.34. The van der Waals surface area contributed by atoms with E-state index >= 15 is 0 Å². The van der Waals surface area contributed by atoms with E-state index in [-0.39, 0.29) is 5.92 Å².